The van der Waals surface area contributed by atoms with Crippen molar-refractivity contribution in [1.82, 2.24) is 10.9 Å². The first-order valence-electron chi connectivity index (χ1n) is 6.78. The molecule has 8 heteroatoms. The predicted molar refractivity (Wildman–Crippen MR) is 93.1 cm³/mol. The molecule has 2 aromatic rings. The summed E-state index contributed by atoms with van der Waals surface area (Å²) in [5, 5.41) is 3.30. The molecule has 0 unspecified atom stereocenters. The van der Waals surface area contributed by atoms with Crippen molar-refractivity contribution in [2.45, 2.75) is 11.8 Å². The summed E-state index contributed by atoms with van der Waals surface area (Å²) in [7, 11) is -2.25. The van der Waals surface area contributed by atoms with Gasteiger partial charge in [0.25, 0.3) is 10.0 Å². The zero-order chi connectivity index (χ0) is 16.9. The topological polar surface area (TPSA) is 82.6 Å². The van der Waals surface area contributed by atoms with Crippen molar-refractivity contribution in [3.63, 3.8) is 0 Å². The molecule has 2 rings (SSSR count). The molecule has 2 aromatic carbocycles. The zero-order valence-corrected chi connectivity index (χ0v) is 14.2. The molecule has 0 aliphatic carbocycles. The highest BCUT2D eigenvalue weighted by atomic mass is 35.5. The van der Waals surface area contributed by atoms with Crippen molar-refractivity contribution in [2.24, 2.45) is 4.40 Å². The van der Waals surface area contributed by atoms with Gasteiger partial charge in [-0.25, -0.2) is 5.43 Å². The van der Waals surface area contributed by atoms with E-state index in [0.29, 0.717) is 10.7 Å². The normalized spacial score (nSPS) is 12.0. The second-order valence-electron chi connectivity index (χ2n) is 4.71. The molecule has 122 valence electrons. The summed E-state index contributed by atoms with van der Waals surface area (Å²) in [6, 6.07) is 13.4. The van der Waals surface area contributed by atoms with Crippen LogP contribution in [-0.4, -0.2) is 21.4 Å². The molecule has 6 nitrogen and oxygen atoms in total. The van der Waals surface area contributed by atoms with Crippen molar-refractivity contribution in [2.75, 3.05) is 12.4 Å². The van der Waals surface area contributed by atoms with Gasteiger partial charge >= 0.3 is 0 Å². The lowest BCUT2D eigenvalue weighted by molar-refractivity contribution is 0.597. The van der Waals surface area contributed by atoms with Crippen LogP contribution >= 0.6 is 11.6 Å². The molecule has 0 saturated carbocycles. The second-order valence-corrected chi connectivity index (χ2v) is 6.72. The van der Waals surface area contributed by atoms with Gasteiger partial charge in [-0.3, -0.25) is 5.43 Å². The monoisotopic (exact) mass is 352 g/mol. The van der Waals surface area contributed by atoms with Gasteiger partial charge in [0.1, 0.15) is 0 Å². The number of nitrogens with zero attached hydrogens (tertiary/aromatic N) is 1. The average molecular weight is 353 g/mol. The molecule has 0 amide bonds. The van der Waals surface area contributed by atoms with Crippen LogP contribution in [0.15, 0.2) is 57.8 Å². The number of hydrogen-bond donors (Lipinski definition) is 3. The SMILES string of the molecule is CNNC(=NS(=O)(=O)c1ccc(C)cc1)Nc1ccccc1Cl. The highest BCUT2D eigenvalue weighted by Gasteiger charge is 2.15. The minimum atomic E-state index is -3.85. The molecule has 0 atom stereocenters. The Morgan fingerprint density at radius 3 is 2.35 bits per heavy atom. The fraction of sp³-hybridized carbons (Fsp3) is 0.133. The van der Waals surface area contributed by atoms with E-state index >= 15 is 0 Å². The fourth-order valence-corrected chi connectivity index (χ4v) is 2.87. The third-order valence-electron chi connectivity index (χ3n) is 2.90. The van der Waals surface area contributed by atoms with Crippen LogP contribution in [0.25, 0.3) is 0 Å². The third-order valence-corrected chi connectivity index (χ3v) is 4.52. The lowest BCUT2D eigenvalue weighted by Gasteiger charge is -2.12. The summed E-state index contributed by atoms with van der Waals surface area (Å²) in [5.74, 6) is 0.0150. The molecule has 0 fully saturated rings. The number of anilines is 1. The molecular weight excluding hydrogens is 336 g/mol. The second kappa shape index (κ2) is 7.45. The Balaban J connectivity index is 2.34. The standard InChI is InChI=1S/C15H17ClN4O2S/c1-11-7-9-12(10-8-11)23(21,22)20-15(19-17-2)18-14-6-4-3-5-13(14)16/h3-10,17H,1-2H3,(H2,18,19,20). The van der Waals surface area contributed by atoms with E-state index in [4.69, 9.17) is 11.6 Å². The summed E-state index contributed by atoms with van der Waals surface area (Å²) >= 11 is 6.06. The van der Waals surface area contributed by atoms with Crippen molar-refractivity contribution >= 4 is 33.3 Å². The van der Waals surface area contributed by atoms with Crippen molar-refractivity contribution in [1.29, 1.82) is 0 Å². The Kier molecular flexibility index (Phi) is 5.59. The number of rotatable bonds is 4. The number of guanidine groups is 1. The van der Waals surface area contributed by atoms with Gasteiger partial charge in [-0.15, -0.1) is 4.40 Å². The van der Waals surface area contributed by atoms with Gasteiger partial charge in [0, 0.05) is 7.05 Å². The van der Waals surface area contributed by atoms with Gasteiger partial charge in [0.15, 0.2) is 0 Å². The number of hydrogen-bond acceptors (Lipinski definition) is 3. The van der Waals surface area contributed by atoms with Crippen LogP contribution in [0.3, 0.4) is 0 Å². The first-order valence-corrected chi connectivity index (χ1v) is 8.60. The number of hydrazine groups is 1. The zero-order valence-electron chi connectivity index (χ0n) is 12.7. The van der Waals surface area contributed by atoms with Crippen molar-refractivity contribution < 1.29 is 8.42 Å². The number of sulfonamides is 1. The van der Waals surface area contributed by atoms with E-state index < -0.39 is 10.0 Å². The molecule has 3 N–H and O–H groups in total. The highest BCUT2D eigenvalue weighted by Crippen LogP contribution is 2.20. The van der Waals surface area contributed by atoms with Gasteiger partial charge < -0.3 is 5.32 Å². The molecule has 0 radical (unpaired) electrons. The van der Waals surface area contributed by atoms with Gasteiger partial charge in [-0.05, 0) is 31.2 Å². The van der Waals surface area contributed by atoms with E-state index in [2.05, 4.69) is 20.6 Å². The molecule has 0 heterocycles. The molecule has 0 aliphatic rings. The minimum Gasteiger partial charge on any atom is -0.323 e. The summed E-state index contributed by atoms with van der Waals surface area (Å²) in [6.07, 6.45) is 0. The molecular formula is C15H17ClN4O2S. The number of halogens is 1. The molecule has 23 heavy (non-hydrogen) atoms. The maximum atomic E-state index is 12.4. The van der Waals surface area contributed by atoms with Crippen LogP contribution in [0, 0.1) is 6.92 Å². The average Bonchev–Trinajstić information content (AvgIpc) is 2.50. The van der Waals surface area contributed by atoms with E-state index in [1.54, 1.807) is 43.4 Å². The van der Waals surface area contributed by atoms with Gasteiger partial charge in [0.05, 0.1) is 15.6 Å². The maximum Gasteiger partial charge on any atom is 0.285 e. The Labute approximate surface area is 140 Å². The molecule has 0 saturated heterocycles. The lowest BCUT2D eigenvalue weighted by Crippen LogP contribution is -2.39. The van der Waals surface area contributed by atoms with Crippen molar-refractivity contribution in [3.05, 3.63) is 59.1 Å². The number of nitrogens with one attached hydrogen (secondary N) is 3. The van der Waals surface area contributed by atoms with Gasteiger partial charge in [-0.2, -0.15) is 8.42 Å². The van der Waals surface area contributed by atoms with Crippen molar-refractivity contribution in [3.8, 4) is 0 Å². The van der Waals surface area contributed by atoms with Gasteiger partial charge in [0.2, 0.25) is 5.96 Å². The first-order chi connectivity index (χ1) is 10.9. The number of aryl methyl sites for hydroxylation is 1. The summed E-state index contributed by atoms with van der Waals surface area (Å²) < 4.78 is 28.5. The van der Waals surface area contributed by atoms with E-state index in [-0.39, 0.29) is 10.9 Å². The predicted octanol–water partition coefficient (Wildman–Crippen LogP) is 2.53. The third kappa shape index (κ3) is 4.69. The Morgan fingerprint density at radius 1 is 1.09 bits per heavy atom. The number of para-hydroxylation sites is 1. The van der Waals surface area contributed by atoms with E-state index in [1.807, 2.05) is 6.92 Å². The maximum absolute atomic E-state index is 12.4. The Bertz CT molecular complexity index is 804. The number of benzene rings is 2. The molecule has 0 spiro atoms. The highest BCUT2D eigenvalue weighted by molar-refractivity contribution is 7.90. The van der Waals surface area contributed by atoms with Crippen LogP contribution < -0.4 is 16.2 Å². The van der Waals surface area contributed by atoms with E-state index in [1.165, 1.54) is 12.1 Å². The Morgan fingerprint density at radius 2 is 1.74 bits per heavy atom. The molecule has 0 bridgehead atoms. The summed E-state index contributed by atoms with van der Waals surface area (Å²) in [6.45, 7) is 1.88. The van der Waals surface area contributed by atoms with Crippen LogP contribution in [0.2, 0.25) is 5.02 Å². The molecule has 0 aromatic heterocycles. The van der Waals surface area contributed by atoms with E-state index in [9.17, 15) is 8.42 Å². The fourth-order valence-electron chi connectivity index (χ4n) is 1.77. The quantitative estimate of drug-likeness (QED) is 0.447. The lowest BCUT2D eigenvalue weighted by atomic mass is 10.2. The van der Waals surface area contributed by atoms with Crippen LogP contribution in [-0.2, 0) is 10.0 Å². The summed E-state index contributed by atoms with van der Waals surface area (Å²) in [4.78, 5) is 0.111. The molecule has 0 aliphatic heterocycles. The largest absolute Gasteiger partial charge is 0.323 e. The smallest absolute Gasteiger partial charge is 0.285 e. The Hall–Kier alpha value is -2.09. The first kappa shape index (κ1) is 17.3. The minimum absolute atomic E-state index is 0.0150. The van der Waals surface area contributed by atoms with Crippen LogP contribution in [0.4, 0.5) is 5.69 Å². The van der Waals surface area contributed by atoms with Crippen LogP contribution in [0.5, 0.6) is 0 Å². The summed E-state index contributed by atoms with van der Waals surface area (Å²) in [5.41, 5.74) is 6.79. The van der Waals surface area contributed by atoms with Gasteiger partial charge in [-0.1, -0.05) is 41.4 Å². The van der Waals surface area contributed by atoms with E-state index in [0.717, 1.165) is 5.56 Å². The van der Waals surface area contributed by atoms with Crippen LogP contribution in [0.1, 0.15) is 5.56 Å².